The second-order valence-corrected chi connectivity index (χ2v) is 4.87. The van der Waals surface area contributed by atoms with Crippen molar-refractivity contribution >= 4 is 29.0 Å². The number of carbonyl (C=O) groups excluding carboxylic acids is 1. The van der Waals surface area contributed by atoms with Gasteiger partial charge in [-0.1, -0.05) is 43.3 Å². The van der Waals surface area contributed by atoms with Crippen LogP contribution in [-0.2, 0) is 13.0 Å². The Morgan fingerprint density at radius 2 is 2.10 bits per heavy atom. The molecule has 0 aliphatic heterocycles. The Bertz CT molecular complexity index is 751. The monoisotopic (exact) mass is 300 g/mol. The van der Waals surface area contributed by atoms with Gasteiger partial charge in [-0.3, -0.25) is 4.79 Å². The summed E-state index contributed by atoms with van der Waals surface area (Å²) < 4.78 is 1.80. The van der Waals surface area contributed by atoms with E-state index in [4.69, 9.17) is 0 Å². The lowest BCUT2D eigenvalue weighted by atomic mass is 9.98. The fraction of sp³-hybridized carbons (Fsp3) is 0.176. The largest absolute Gasteiger partial charge is 0.330 e. The molecule has 0 amide bonds. The Kier molecular flexibility index (Phi) is 4.76. The van der Waals surface area contributed by atoms with Crippen LogP contribution in [0, 0.1) is 0 Å². The number of fused-ring (bicyclic) bond motifs is 1. The highest BCUT2D eigenvalue weighted by molar-refractivity contribution is 6.08. The van der Waals surface area contributed by atoms with Crippen molar-refractivity contribution in [3.05, 3.63) is 66.2 Å². The summed E-state index contributed by atoms with van der Waals surface area (Å²) in [6.07, 6.45) is 6.13. The number of halogens is 1. The maximum absolute atomic E-state index is 12.5. The van der Waals surface area contributed by atoms with E-state index in [0.29, 0.717) is 6.54 Å². The molecule has 0 aliphatic rings. The van der Waals surface area contributed by atoms with Gasteiger partial charge in [0.15, 0.2) is 5.78 Å². The van der Waals surface area contributed by atoms with Crippen LogP contribution >= 0.6 is 12.4 Å². The van der Waals surface area contributed by atoms with Gasteiger partial charge in [0.2, 0.25) is 0 Å². The molecule has 4 heteroatoms. The average molecular weight is 301 g/mol. The fourth-order valence-electron chi connectivity index (χ4n) is 2.41. The molecule has 1 heterocycles. The highest BCUT2D eigenvalue weighted by Crippen LogP contribution is 2.21. The fourth-order valence-corrected chi connectivity index (χ4v) is 2.41. The number of hydrogen-bond donors (Lipinski definition) is 0. The minimum absolute atomic E-state index is 0. The molecule has 3 aromatic rings. The summed E-state index contributed by atoms with van der Waals surface area (Å²) in [5, 5.41) is 2.15. The summed E-state index contributed by atoms with van der Waals surface area (Å²) in [6.45, 7) is 2.45. The average Bonchev–Trinajstić information content (AvgIpc) is 2.98. The van der Waals surface area contributed by atoms with E-state index in [1.54, 1.807) is 23.3 Å². The Hall–Kier alpha value is -2.13. The molecule has 0 saturated carbocycles. The molecular weight excluding hydrogens is 284 g/mol. The van der Waals surface area contributed by atoms with Crippen molar-refractivity contribution < 1.29 is 4.79 Å². The third kappa shape index (κ3) is 3.14. The van der Waals surface area contributed by atoms with Crippen LogP contribution in [0.25, 0.3) is 10.8 Å². The molecule has 0 aliphatic carbocycles. The van der Waals surface area contributed by atoms with Crippen LogP contribution in [0.2, 0.25) is 0 Å². The Balaban J connectivity index is 0.00000161. The third-order valence-corrected chi connectivity index (χ3v) is 3.54. The Labute approximate surface area is 130 Å². The summed E-state index contributed by atoms with van der Waals surface area (Å²) in [6, 6.07) is 12.2. The van der Waals surface area contributed by atoms with Crippen molar-refractivity contribution in [3.63, 3.8) is 0 Å². The zero-order chi connectivity index (χ0) is 13.9. The molecule has 0 fully saturated rings. The highest BCUT2D eigenvalue weighted by Gasteiger charge is 2.10. The molecule has 0 saturated heterocycles. The smallest absolute Gasteiger partial charge is 0.183 e. The molecule has 108 valence electrons. The standard InChI is InChI=1S/C17H16N2O.ClH/c1-2-13-6-7-14-4-3-5-15(16(14)10-13)17(20)11-19-9-8-18-12-19;/h3-10,12H,2,11H2,1H3;1H. The number of aromatic nitrogens is 2. The maximum Gasteiger partial charge on any atom is 0.183 e. The van der Waals surface area contributed by atoms with Crippen LogP contribution in [0.1, 0.15) is 22.8 Å². The van der Waals surface area contributed by atoms with E-state index in [0.717, 1.165) is 22.8 Å². The van der Waals surface area contributed by atoms with Crippen molar-refractivity contribution in [1.82, 2.24) is 9.55 Å². The van der Waals surface area contributed by atoms with Crippen molar-refractivity contribution in [2.75, 3.05) is 0 Å². The minimum atomic E-state index is 0. The van der Waals surface area contributed by atoms with E-state index in [9.17, 15) is 4.79 Å². The van der Waals surface area contributed by atoms with Crippen LogP contribution < -0.4 is 0 Å². The molecule has 0 unspecified atom stereocenters. The third-order valence-electron chi connectivity index (χ3n) is 3.54. The number of ketones is 1. The van der Waals surface area contributed by atoms with Gasteiger partial charge in [0.1, 0.15) is 0 Å². The number of imidazole rings is 1. The van der Waals surface area contributed by atoms with Crippen molar-refractivity contribution in [2.45, 2.75) is 19.9 Å². The number of nitrogens with zero attached hydrogens (tertiary/aromatic N) is 2. The molecule has 3 nitrogen and oxygen atoms in total. The topological polar surface area (TPSA) is 34.9 Å². The summed E-state index contributed by atoms with van der Waals surface area (Å²) in [5.74, 6) is 0.113. The van der Waals surface area contributed by atoms with Crippen molar-refractivity contribution in [3.8, 4) is 0 Å². The molecule has 0 atom stereocenters. The molecule has 0 spiro atoms. The van der Waals surface area contributed by atoms with Gasteiger partial charge < -0.3 is 4.57 Å². The summed E-state index contributed by atoms with van der Waals surface area (Å²) in [5.41, 5.74) is 2.03. The van der Waals surface area contributed by atoms with Gasteiger partial charge in [-0.2, -0.15) is 0 Å². The van der Waals surface area contributed by atoms with Crippen LogP contribution in [0.3, 0.4) is 0 Å². The zero-order valence-electron chi connectivity index (χ0n) is 11.8. The van der Waals surface area contributed by atoms with E-state index >= 15 is 0 Å². The first-order valence-electron chi connectivity index (χ1n) is 6.78. The molecule has 0 bridgehead atoms. The van der Waals surface area contributed by atoms with E-state index in [2.05, 4.69) is 30.1 Å². The molecule has 2 aromatic carbocycles. The molecule has 3 rings (SSSR count). The van der Waals surface area contributed by atoms with Gasteiger partial charge >= 0.3 is 0 Å². The van der Waals surface area contributed by atoms with Crippen LogP contribution in [0.4, 0.5) is 0 Å². The number of hydrogen-bond acceptors (Lipinski definition) is 2. The lowest BCUT2D eigenvalue weighted by molar-refractivity contribution is 0.0973. The van der Waals surface area contributed by atoms with Gasteiger partial charge in [-0.25, -0.2) is 4.98 Å². The Morgan fingerprint density at radius 1 is 1.24 bits per heavy atom. The molecule has 0 N–H and O–H groups in total. The first-order chi connectivity index (χ1) is 9.78. The van der Waals surface area contributed by atoms with Gasteiger partial charge in [0, 0.05) is 18.0 Å². The molecule has 1 aromatic heterocycles. The van der Waals surface area contributed by atoms with Crippen molar-refractivity contribution in [2.24, 2.45) is 0 Å². The number of Topliss-reactive ketones (excluding diaryl/α,β-unsaturated/α-hetero) is 1. The number of aryl methyl sites for hydroxylation is 1. The highest BCUT2D eigenvalue weighted by atomic mass is 35.5. The summed E-state index contributed by atoms with van der Waals surface area (Å²) in [7, 11) is 0. The van der Waals surface area contributed by atoms with E-state index < -0.39 is 0 Å². The predicted octanol–water partition coefficient (Wildman–Crippen LogP) is 3.90. The summed E-state index contributed by atoms with van der Waals surface area (Å²) >= 11 is 0. The van der Waals surface area contributed by atoms with Gasteiger partial charge in [0.05, 0.1) is 12.9 Å². The van der Waals surface area contributed by atoms with Crippen molar-refractivity contribution in [1.29, 1.82) is 0 Å². The van der Waals surface area contributed by atoms with Crippen LogP contribution in [0.15, 0.2) is 55.1 Å². The number of benzene rings is 2. The normalized spacial score (nSPS) is 10.3. The van der Waals surface area contributed by atoms with Crippen LogP contribution in [0.5, 0.6) is 0 Å². The lowest BCUT2D eigenvalue weighted by Gasteiger charge is -2.08. The first-order valence-corrected chi connectivity index (χ1v) is 6.78. The summed E-state index contributed by atoms with van der Waals surface area (Å²) in [4.78, 5) is 16.4. The van der Waals surface area contributed by atoms with E-state index in [-0.39, 0.29) is 18.2 Å². The zero-order valence-corrected chi connectivity index (χ0v) is 12.6. The van der Waals surface area contributed by atoms with Crippen LogP contribution in [-0.4, -0.2) is 15.3 Å². The molecular formula is C17H17ClN2O. The predicted molar refractivity (Wildman–Crippen MR) is 87.1 cm³/mol. The Morgan fingerprint density at radius 3 is 2.81 bits per heavy atom. The second kappa shape index (κ2) is 6.55. The molecule has 21 heavy (non-hydrogen) atoms. The van der Waals surface area contributed by atoms with E-state index in [1.165, 1.54) is 5.56 Å². The van der Waals surface area contributed by atoms with E-state index in [1.807, 2.05) is 18.2 Å². The van der Waals surface area contributed by atoms with Gasteiger partial charge in [-0.05, 0) is 22.8 Å². The second-order valence-electron chi connectivity index (χ2n) is 4.87. The van der Waals surface area contributed by atoms with Gasteiger partial charge in [-0.15, -0.1) is 12.4 Å². The first kappa shape index (κ1) is 15.3. The quantitative estimate of drug-likeness (QED) is 0.685. The maximum atomic E-state index is 12.5. The minimum Gasteiger partial charge on any atom is -0.330 e. The SMILES string of the molecule is CCc1ccc2cccc(C(=O)Cn3ccnc3)c2c1.Cl. The van der Waals surface area contributed by atoms with Gasteiger partial charge in [0.25, 0.3) is 0 Å². The molecule has 0 radical (unpaired) electrons. The number of carbonyl (C=O) groups is 1. The lowest BCUT2D eigenvalue weighted by Crippen LogP contribution is -2.09. The number of rotatable bonds is 4.